The number of H-pyrrole nitrogens is 1. The number of carbonyl (C=O) groups excluding carboxylic acids is 2. The average molecular weight is 811 g/mol. The lowest BCUT2D eigenvalue weighted by molar-refractivity contribution is -0.181. The van der Waals surface area contributed by atoms with Crippen molar-refractivity contribution in [1.82, 2.24) is 20.1 Å². The highest BCUT2D eigenvalue weighted by molar-refractivity contribution is 7.99. The Morgan fingerprint density at radius 3 is 2.78 bits per heavy atom. The largest absolute Gasteiger partial charge is 0.514 e. The Hall–Kier alpha value is -4.77. The molecule has 7 aliphatic rings. The number of likely N-dealkylation sites (N-methyl/N-ethyl adjacent to an activating group) is 1. The lowest BCUT2D eigenvalue weighted by atomic mass is 9.73. The van der Waals surface area contributed by atoms with Crippen LogP contribution < -0.4 is 24.3 Å². The van der Waals surface area contributed by atoms with Crippen molar-refractivity contribution in [3.05, 3.63) is 87.6 Å². The van der Waals surface area contributed by atoms with Crippen molar-refractivity contribution in [3.63, 3.8) is 0 Å². The average Bonchev–Trinajstić information content (AvgIpc) is 3.85. The van der Waals surface area contributed by atoms with Crippen molar-refractivity contribution in [3.8, 4) is 28.7 Å². The lowest BCUT2D eigenvalue weighted by Gasteiger charge is -2.61. The predicted molar refractivity (Wildman–Crippen MR) is 214 cm³/mol. The number of piperazine rings is 1. The number of aromatic nitrogens is 1. The van der Waals surface area contributed by atoms with Crippen LogP contribution in [0, 0.1) is 13.8 Å². The topological polar surface area (TPSA) is 164 Å². The van der Waals surface area contributed by atoms with Crippen LogP contribution in [0.2, 0.25) is 0 Å². The van der Waals surface area contributed by atoms with E-state index in [1.165, 1.54) is 17.8 Å². The third-order valence-electron chi connectivity index (χ3n) is 13.1. The van der Waals surface area contributed by atoms with Gasteiger partial charge in [-0.3, -0.25) is 19.9 Å². The number of nitrogens with zero attached hydrogens (tertiary/aromatic N) is 2. The molecule has 7 atom stereocenters. The van der Waals surface area contributed by atoms with E-state index >= 15 is 0 Å². The van der Waals surface area contributed by atoms with E-state index in [-0.39, 0.29) is 55.7 Å². The Kier molecular flexibility index (Phi) is 9.00. The number of nitrogens with one attached hydrogen (secondary N) is 2. The van der Waals surface area contributed by atoms with E-state index in [2.05, 4.69) is 32.7 Å². The summed E-state index contributed by atoms with van der Waals surface area (Å²) >= 11 is 1.54. The summed E-state index contributed by atoms with van der Waals surface area (Å²) in [5.41, 5.74) is 5.91. The number of ether oxygens (including phenoxy) is 6. The number of fused-ring (bicyclic) bond motifs is 12. The number of methoxy groups -OCH3 is 1. The number of Topliss-reactive ketones (excluding diaryl/α,β-unsaturated/α-hetero) is 1. The summed E-state index contributed by atoms with van der Waals surface area (Å²) in [5.74, 6) is 1.70. The molecule has 304 valence electrons. The van der Waals surface area contributed by atoms with Crippen LogP contribution in [0.3, 0.4) is 0 Å². The molecule has 11 rings (SSSR count). The molecule has 2 fully saturated rings. The zero-order valence-electron chi connectivity index (χ0n) is 32.8. The van der Waals surface area contributed by atoms with E-state index < -0.39 is 41.3 Å². The van der Waals surface area contributed by atoms with E-state index in [1.54, 1.807) is 7.11 Å². The summed E-state index contributed by atoms with van der Waals surface area (Å²) in [7, 11) is 3.52. The number of benzene rings is 3. The molecular weight excluding hydrogens is 765 g/mol. The second-order valence-electron chi connectivity index (χ2n) is 16.0. The molecule has 0 aliphatic carbocycles. The molecule has 8 heterocycles. The zero-order chi connectivity index (χ0) is 40.2. The molecule has 1 aromatic heterocycles. The molecule has 0 radical (unpaired) electrons. The second kappa shape index (κ2) is 13.9. The number of aliphatic hydroxyl groups excluding tert-OH is 1. The molecule has 4 aromatic rings. The summed E-state index contributed by atoms with van der Waals surface area (Å²) in [4.78, 5) is 36.2. The first-order valence-electron chi connectivity index (χ1n) is 19.7. The molecule has 0 saturated carbocycles. The number of phenols is 1. The minimum absolute atomic E-state index is 0.0161. The third kappa shape index (κ3) is 5.23. The highest BCUT2D eigenvalue weighted by Crippen LogP contribution is 2.64. The maximum Gasteiger partial charge on any atom is 0.514 e. The Bertz CT molecular complexity index is 2400. The number of rotatable bonds is 4. The van der Waals surface area contributed by atoms with Gasteiger partial charge in [0.2, 0.25) is 6.79 Å². The van der Waals surface area contributed by atoms with Gasteiger partial charge in [-0.05, 0) is 56.5 Å². The number of aryl methyl sites for hydroxylation is 1. The number of hydrogen-bond acceptors (Lipinski definition) is 14. The van der Waals surface area contributed by atoms with Gasteiger partial charge < -0.3 is 43.6 Å². The molecule has 15 heteroatoms. The molecule has 0 amide bonds. The van der Waals surface area contributed by atoms with E-state index in [0.29, 0.717) is 52.5 Å². The Morgan fingerprint density at radius 2 is 1.97 bits per heavy atom. The molecule has 7 aliphatic heterocycles. The van der Waals surface area contributed by atoms with Gasteiger partial charge in [0, 0.05) is 57.2 Å². The zero-order valence-corrected chi connectivity index (χ0v) is 33.6. The maximum absolute atomic E-state index is 14.9. The molecule has 1 spiro atoms. The molecular formula is C43H46N4O10S. The number of hydrogen-bond donors (Lipinski definition) is 4. The van der Waals surface area contributed by atoms with E-state index in [4.69, 9.17) is 28.4 Å². The van der Waals surface area contributed by atoms with Crippen LogP contribution in [0.1, 0.15) is 62.0 Å². The van der Waals surface area contributed by atoms with Crippen molar-refractivity contribution in [2.75, 3.05) is 53.1 Å². The number of para-hydroxylation sites is 1. The quantitative estimate of drug-likeness (QED) is 0.124. The number of aliphatic hydroxyl groups is 1. The Labute approximate surface area is 339 Å². The van der Waals surface area contributed by atoms with Crippen LogP contribution >= 0.6 is 11.8 Å². The van der Waals surface area contributed by atoms with Gasteiger partial charge in [0.1, 0.15) is 30.7 Å². The van der Waals surface area contributed by atoms with Crippen molar-refractivity contribution >= 4 is 34.6 Å². The minimum atomic E-state index is -1.19. The first kappa shape index (κ1) is 37.5. The van der Waals surface area contributed by atoms with Crippen LogP contribution in [-0.4, -0.2) is 108 Å². The molecule has 1 unspecified atom stereocenters. The molecule has 4 bridgehead atoms. The van der Waals surface area contributed by atoms with Gasteiger partial charge in [0.15, 0.2) is 28.8 Å². The Balaban J connectivity index is 1.24. The van der Waals surface area contributed by atoms with Crippen LogP contribution in [0.15, 0.2) is 43.0 Å². The van der Waals surface area contributed by atoms with E-state index in [9.17, 15) is 19.8 Å². The smallest absolute Gasteiger partial charge is 0.504 e. The fourth-order valence-corrected chi connectivity index (χ4v) is 12.4. The van der Waals surface area contributed by atoms with Gasteiger partial charge in [-0.15, -0.1) is 11.8 Å². The third-order valence-corrected chi connectivity index (χ3v) is 14.6. The fraction of sp³-hybridized carbons (Fsp3) is 0.442. The van der Waals surface area contributed by atoms with Crippen LogP contribution in [0.4, 0.5) is 4.79 Å². The van der Waals surface area contributed by atoms with Crippen molar-refractivity contribution in [2.24, 2.45) is 0 Å². The SMILES string of the molecule is C=CCOC(=O)Oc1c(C)c2c(c3c1[C@H]1SC[C@]4(NCCc5c4[nH]c4ccccc54)C(=O)COC[C@@H]3N3C1[C@H]1c4c(cc(C)c(OC)c4O)C[C@@H]([C@@H]3O)N1C)OCO2. The summed E-state index contributed by atoms with van der Waals surface area (Å²) < 4.78 is 36.3. The normalized spacial score (nSPS) is 28.6. The molecule has 2 saturated heterocycles. The van der Waals surface area contributed by atoms with Gasteiger partial charge in [-0.25, -0.2) is 4.79 Å². The highest BCUT2D eigenvalue weighted by atomic mass is 32.2. The number of aromatic amines is 1. The monoisotopic (exact) mass is 810 g/mol. The van der Waals surface area contributed by atoms with E-state index in [0.717, 1.165) is 39.7 Å². The Morgan fingerprint density at radius 1 is 1.16 bits per heavy atom. The molecule has 4 N–H and O–H groups in total. The number of ketones is 1. The second-order valence-corrected chi connectivity index (χ2v) is 17.1. The van der Waals surface area contributed by atoms with Gasteiger partial charge in [0.05, 0.1) is 37.1 Å². The summed E-state index contributed by atoms with van der Waals surface area (Å²) in [6.07, 6.45) is 0.724. The standard InChI is InChI=1S/C43H46N4O10S/c1-6-13-54-42(51)57-36-21(3)37-38(56-19-55-37)30-27-16-53-17-28(48)43(40-24(11-12-44-43)23-9-7-8-10-25(23)45-40)18-58-39(31(30)36)33-32-29-22(14-20(2)35(52-5)34(29)49)15-26(46(32)4)41(50)47(27)33/h6-10,14,26-27,32-33,39,41,44-45,49-50H,1,11-13,15-19H2,2-5H3/t26-,27-,32+,33?,39+,41-,43-/m0/s1. The van der Waals surface area contributed by atoms with Crippen LogP contribution in [-0.2, 0) is 32.6 Å². The van der Waals surface area contributed by atoms with Gasteiger partial charge in [0.25, 0.3) is 0 Å². The number of carbonyl (C=O) groups is 2. The molecule has 58 heavy (non-hydrogen) atoms. The first-order chi connectivity index (χ1) is 28.1. The number of phenolic OH excluding ortho intramolecular Hbond substituents is 1. The predicted octanol–water partition coefficient (Wildman–Crippen LogP) is 5.00. The highest BCUT2D eigenvalue weighted by Gasteiger charge is 2.61. The number of aromatic hydroxyl groups is 1. The van der Waals surface area contributed by atoms with Gasteiger partial charge >= 0.3 is 6.16 Å². The fourth-order valence-electron chi connectivity index (χ4n) is 10.7. The summed E-state index contributed by atoms with van der Waals surface area (Å²) in [5, 5.41) is 29.0. The van der Waals surface area contributed by atoms with E-state index in [1.807, 2.05) is 45.2 Å². The molecule has 3 aromatic carbocycles. The van der Waals surface area contributed by atoms with Crippen LogP contribution in [0.25, 0.3) is 10.9 Å². The van der Waals surface area contributed by atoms with Gasteiger partial charge in [-0.1, -0.05) is 36.9 Å². The van der Waals surface area contributed by atoms with Crippen molar-refractivity contribution < 1.29 is 48.2 Å². The summed E-state index contributed by atoms with van der Waals surface area (Å²) in [6.45, 7) is 7.62. The van der Waals surface area contributed by atoms with Crippen molar-refractivity contribution in [1.29, 1.82) is 0 Å². The van der Waals surface area contributed by atoms with Crippen LogP contribution in [0.5, 0.6) is 28.7 Å². The van der Waals surface area contributed by atoms with Gasteiger partial charge in [-0.2, -0.15) is 0 Å². The maximum atomic E-state index is 14.9. The molecule has 14 nitrogen and oxygen atoms in total. The summed E-state index contributed by atoms with van der Waals surface area (Å²) in [6, 6.07) is 7.98. The van der Waals surface area contributed by atoms with Crippen molar-refractivity contribution in [2.45, 2.75) is 67.9 Å². The lowest BCUT2D eigenvalue weighted by Crippen LogP contribution is -2.69. The first-order valence-corrected chi connectivity index (χ1v) is 20.7. The minimum Gasteiger partial charge on any atom is -0.504 e. The number of thioether (sulfide) groups is 1.